The second-order valence-electron chi connectivity index (χ2n) is 4.39. The number of nitrogens with zero attached hydrogens (tertiary/aromatic N) is 1. The van der Waals surface area contributed by atoms with Gasteiger partial charge in [-0.2, -0.15) is 0 Å². The molecule has 0 aliphatic heterocycles. The summed E-state index contributed by atoms with van der Waals surface area (Å²) >= 11 is 0. The fraction of sp³-hybridized carbons (Fsp3) is 0.571. The first kappa shape index (κ1) is 16.0. The second kappa shape index (κ2) is 8.98. The van der Waals surface area contributed by atoms with Crippen molar-refractivity contribution in [2.45, 2.75) is 13.1 Å². The SMILES string of the molecule is COCCN(CCOC)Cc1ccc(F)c(CN)c1. The molecule has 0 heterocycles. The highest BCUT2D eigenvalue weighted by Gasteiger charge is 2.08. The zero-order chi connectivity index (χ0) is 14.1. The average Bonchev–Trinajstić information content (AvgIpc) is 2.43. The van der Waals surface area contributed by atoms with Gasteiger partial charge in [-0.15, -0.1) is 0 Å². The number of methoxy groups -OCH3 is 2. The summed E-state index contributed by atoms with van der Waals surface area (Å²) < 4.78 is 23.6. The van der Waals surface area contributed by atoms with Crippen molar-refractivity contribution in [1.82, 2.24) is 4.90 Å². The van der Waals surface area contributed by atoms with Crippen LogP contribution in [0.15, 0.2) is 18.2 Å². The minimum absolute atomic E-state index is 0.218. The van der Waals surface area contributed by atoms with Crippen LogP contribution in [-0.2, 0) is 22.6 Å². The summed E-state index contributed by atoms with van der Waals surface area (Å²) in [5.74, 6) is -0.244. The maximum absolute atomic E-state index is 13.4. The van der Waals surface area contributed by atoms with Crippen LogP contribution in [0.25, 0.3) is 0 Å². The first-order chi connectivity index (χ1) is 9.21. The van der Waals surface area contributed by atoms with Crippen molar-refractivity contribution in [2.24, 2.45) is 5.73 Å². The molecule has 0 radical (unpaired) electrons. The van der Waals surface area contributed by atoms with Crippen LogP contribution in [0.5, 0.6) is 0 Å². The maximum Gasteiger partial charge on any atom is 0.127 e. The minimum atomic E-state index is -0.244. The van der Waals surface area contributed by atoms with Gasteiger partial charge in [0.2, 0.25) is 0 Å². The highest BCUT2D eigenvalue weighted by molar-refractivity contribution is 5.25. The number of rotatable bonds is 9. The standard InChI is InChI=1S/C14H23FN2O2/c1-18-7-5-17(6-8-19-2)11-12-3-4-14(15)13(9-12)10-16/h3-4,9H,5-8,10-11,16H2,1-2H3. The molecule has 4 nitrogen and oxygen atoms in total. The summed E-state index contributed by atoms with van der Waals surface area (Å²) in [6.45, 7) is 3.91. The zero-order valence-corrected chi connectivity index (χ0v) is 11.7. The molecule has 1 aromatic rings. The smallest absolute Gasteiger partial charge is 0.127 e. The van der Waals surface area contributed by atoms with Gasteiger partial charge in [-0.1, -0.05) is 12.1 Å². The molecule has 5 heteroatoms. The van der Waals surface area contributed by atoms with E-state index in [-0.39, 0.29) is 12.4 Å². The van der Waals surface area contributed by atoms with E-state index in [1.165, 1.54) is 6.07 Å². The van der Waals surface area contributed by atoms with Crippen LogP contribution >= 0.6 is 0 Å². The van der Waals surface area contributed by atoms with Gasteiger partial charge in [-0.05, 0) is 11.6 Å². The fourth-order valence-corrected chi connectivity index (χ4v) is 1.85. The van der Waals surface area contributed by atoms with Gasteiger partial charge in [0.25, 0.3) is 0 Å². The van der Waals surface area contributed by atoms with Crippen molar-refractivity contribution < 1.29 is 13.9 Å². The molecule has 2 N–H and O–H groups in total. The molecule has 0 bridgehead atoms. The lowest BCUT2D eigenvalue weighted by Gasteiger charge is -2.22. The van der Waals surface area contributed by atoms with E-state index in [9.17, 15) is 4.39 Å². The van der Waals surface area contributed by atoms with Crippen LogP contribution in [-0.4, -0.2) is 45.4 Å². The lowest BCUT2D eigenvalue weighted by Crippen LogP contribution is -2.30. The molecule has 0 aliphatic rings. The topological polar surface area (TPSA) is 47.7 Å². The Morgan fingerprint density at radius 1 is 1.16 bits per heavy atom. The van der Waals surface area contributed by atoms with Crippen LogP contribution < -0.4 is 5.73 Å². The van der Waals surface area contributed by atoms with Crippen molar-refractivity contribution >= 4 is 0 Å². The molecule has 1 rings (SSSR count). The zero-order valence-electron chi connectivity index (χ0n) is 11.7. The highest BCUT2D eigenvalue weighted by atomic mass is 19.1. The van der Waals surface area contributed by atoms with Gasteiger partial charge in [0, 0.05) is 46.0 Å². The summed E-state index contributed by atoms with van der Waals surface area (Å²) in [6, 6.07) is 5.09. The van der Waals surface area contributed by atoms with Gasteiger partial charge < -0.3 is 15.2 Å². The Labute approximate surface area is 114 Å². The summed E-state index contributed by atoms with van der Waals surface area (Å²) in [4.78, 5) is 2.21. The number of nitrogens with two attached hydrogens (primary N) is 1. The summed E-state index contributed by atoms with van der Waals surface area (Å²) in [6.07, 6.45) is 0. The molecule has 108 valence electrons. The highest BCUT2D eigenvalue weighted by Crippen LogP contribution is 2.12. The Morgan fingerprint density at radius 2 is 1.79 bits per heavy atom. The lowest BCUT2D eigenvalue weighted by atomic mass is 10.1. The van der Waals surface area contributed by atoms with E-state index in [0.717, 1.165) is 25.2 Å². The van der Waals surface area contributed by atoms with E-state index in [1.807, 2.05) is 6.07 Å². The largest absolute Gasteiger partial charge is 0.383 e. The van der Waals surface area contributed by atoms with E-state index in [2.05, 4.69) is 4.90 Å². The summed E-state index contributed by atoms with van der Waals surface area (Å²) in [5.41, 5.74) is 7.12. The van der Waals surface area contributed by atoms with Crippen molar-refractivity contribution in [3.05, 3.63) is 35.1 Å². The molecule has 0 spiro atoms. The third-order valence-corrected chi connectivity index (χ3v) is 2.96. The lowest BCUT2D eigenvalue weighted by molar-refractivity contribution is 0.110. The molecule has 0 saturated heterocycles. The second-order valence-corrected chi connectivity index (χ2v) is 4.39. The number of halogens is 1. The van der Waals surface area contributed by atoms with E-state index in [4.69, 9.17) is 15.2 Å². The number of hydrogen-bond acceptors (Lipinski definition) is 4. The first-order valence-corrected chi connectivity index (χ1v) is 6.38. The normalized spacial score (nSPS) is 11.2. The van der Waals surface area contributed by atoms with Gasteiger partial charge in [0.1, 0.15) is 5.82 Å². The fourth-order valence-electron chi connectivity index (χ4n) is 1.85. The molecule has 0 aliphatic carbocycles. The molecule has 0 amide bonds. The predicted molar refractivity (Wildman–Crippen MR) is 73.3 cm³/mol. The van der Waals surface area contributed by atoms with E-state index < -0.39 is 0 Å². The Kier molecular flexibility index (Phi) is 7.59. The third kappa shape index (κ3) is 5.65. The van der Waals surface area contributed by atoms with Gasteiger partial charge >= 0.3 is 0 Å². The number of hydrogen-bond donors (Lipinski definition) is 1. The Hall–Kier alpha value is -1.01. The summed E-state index contributed by atoms with van der Waals surface area (Å²) in [7, 11) is 3.36. The Bertz CT molecular complexity index is 366. The molecule has 19 heavy (non-hydrogen) atoms. The predicted octanol–water partition coefficient (Wildman–Crippen LogP) is 1.38. The Balaban J connectivity index is 2.65. The van der Waals surface area contributed by atoms with Crippen LogP contribution in [0.4, 0.5) is 4.39 Å². The Morgan fingerprint density at radius 3 is 2.32 bits per heavy atom. The molecule has 1 aromatic carbocycles. The van der Waals surface area contributed by atoms with E-state index in [0.29, 0.717) is 18.8 Å². The van der Waals surface area contributed by atoms with Crippen LogP contribution in [0, 0.1) is 5.82 Å². The molecule has 0 atom stereocenters. The first-order valence-electron chi connectivity index (χ1n) is 6.38. The maximum atomic E-state index is 13.4. The number of ether oxygens (including phenoxy) is 2. The van der Waals surface area contributed by atoms with Crippen molar-refractivity contribution in [2.75, 3.05) is 40.5 Å². The molecule has 0 aromatic heterocycles. The third-order valence-electron chi connectivity index (χ3n) is 2.96. The monoisotopic (exact) mass is 270 g/mol. The quantitative estimate of drug-likeness (QED) is 0.736. The van der Waals surface area contributed by atoms with E-state index >= 15 is 0 Å². The van der Waals surface area contributed by atoms with Gasteiger partial charge in [-0.3, -0.25) is 4.90 Å². The van der Waals surface area contributed by atoms with Crippen LogP contribution in [0.1, 0.15) is 11.1 Å². The van der Waals surface area contributed by atoms with Gasteiger partial charge in [0.15, 0.2) is 0 Å². The molecular weight excluding hydrogens is 247 g/mol. The number of benzene rings is 1. The van der Waals surface area contributed by atoms with Gasteiger partial charge in [0.05, 0.1) is 13.2 Å². The minimum Gasteiger partial charge on any atom is -0.383 e. The van der Waals surface area contributed by atoms with Crippen molar-refractivity contribution in [1.29, 1.82) is 0 Å². The van der Waals surface area contributed by atoms with Gasteiger partial charge in [-0.25, -0.2) is 4.39 Å². The van der Waals surface area contributed by atoms with Crippen LogP contribution in [0.3, 0.4) is 0 Å². The van der Waals surface area contributed by atoms with Crippen LogP contribution in [0.2, 0.25) is 0 Å². The van der Waals surface area contributed by atoms with Crippen molar-refractivity contribution in [3.63, 3.8) is 0 Å². The van der Waals surface area contributed by atoms with E-state index in [1.54, 1.807) is 20.3 Å². The summed E-state index contributed by atoms with van der Waals surface area (Å²) in [5, 5.41) is 0. The van der Waals surface area contributed by atoms with Crippen molar-refractivity contribution in [3.8, 4) is 0 Å². The average molecular weight is 270 g/mol. The molecule has 0 saturated carbocycles. The molecular formula is C14H23FN2O2. The molecule has 0 unspecified atom stereocenters. The molecule has 0 fully saturated rings.